The number of methoxy groups -OCH3 is 1. The first-order valence-electron chi connectivity index (χ1n) is 13.4. The maximum absolute atomic E-state index is 13.6. The summed E-state index contributed by atoms with van der Waals surface area (Å²) in [6.45, 7) is 10.6. The second kappa shape index (κ2) is 11.4. The molecular weight excluding hydrogens is 506 g/mol. The molecule has 1 amide bonds. The Morgan fingerprint density at radius 2 is 1.55 bits per heavy atom. The van der Waals surface area contributed by atoms with E-state index in [1.807, 2.05) is 65.0 Å². The van der Waals surface area contributed by atoms with E-state index in [-0.39, 0.29) is 16.7 Å². The van der Waals surface area contributed by atoms with Crippen LogP contribution in [-0.4, -0.2) is 36.5 Å². The number of hydrogen-bond acceptors (Lipinski definition) is 6. The zero-order valence-electron chi connectivity index (χ0n) is 23.8. The first-order chi connectivity index (χ1) is 19.0. The predicted octanol–water partition coefficient (Wildman–Crippen LogP) is 6.36. The smallest absolute Gasteiger partial charge is 0.337 e. The molecule has 1 aliphatic heterocycles. The molecule has 0 bridgehead atoms. The number of carbonyl (C=O) groups excluding carboxylic acids is 3. The van der Waals surface area contributed by atoms with Gasteiger partial charge in [0, 0.05) is 16.8 Å². The second-order valence-electron chi connectivity index (χ2n) is 10.7. The summed E-state index contributed by atoms with van der Waals surface area (Å²) in [6, 6.07) is 18.3. The summed E-state index contributed by atoms with van der Waals surface area (Å²) in [6.07, 6.45) is 0.831. The molecule has 0 aliphatic carbocycles. The van der Waals surface area contributed by atoms with Crippen LogP contribution in [0.4, 0.5) is 5.69 Å². The molecule has 1 N–H and O–H groups in total. The van der Waals surface area contributed by atoms with Crippen LogP contribution in [0.3, 0.4) is 0 Å². The van der Waals surface area contributed by atoms with Crippen molar-refractivity contribution < 1.29 is 29.0 Å². The van der Waals surface area contributed by atoms with E-state index < -0.39 is 23.7 Å². The van der Waals surface area contributed by atoms with Crippen LogP contribution in [0.5, 0.6) is 5.75 Å². The van der Waals surface area contributed by atoms with Crippen molar-refractivity contribution in [2.24, 2.45) is 0 Å². The third-order valence-electron chi connectivity index (χ3n) is 7.08. The molecule has 7 nitrogen and oxygen atoms in total. The van der Waals surface area contributed by atoms with Crippen LogP contribution >= 0.6 is 0 Å². The van der Waals surface area contributed by atoms with Crippen molar-refractivity contribution >= 4 is 29.1 Å². The Morgan fingerprint density at radius 3 is 2.10 bits per heavy atom. The highest BCUT2D eigenvalue weighted by molar-refractivity contribution is 6.51. The number of esters is 1. The van der Waals surface area contributed by atoms with Crippen molar-refractivity contribution in [2.75, 3.05) is 18.6 Å². The largest absolute Gasteiger partial charge is 0.507 e. The summed E-state index contributed by atoms with van der Waals surface area (Å²) in [7, 11) is 1.29. The fourth-order valence-corrected chi connectivity index (χ4v) is 4.93. The molecule has 40 heavy (non-hydrogen) atoms. The van der Waals surface area contributed by atoms with Crippen LogP contribution in [0.15, 0.2) is 72.3 Å². The molecule has 0 spiro atoms. The lowest BCUT2D eigenvalue weighted by Gasteiger charge is -2.26. The van der Waals surface area contributed by atoms with Gasteiger partial charge in [-0.05, 0) is 72.4 Å². The molecule has 0 radical (unpaired) electrons. The summed E-state index contributed by atoms with van der Waals surface area (Å²) in [4.78, 5) is 40.4. The monoisotopic (exact) mass is 541 g/mol. The highest BCUT2D eigenvalue weighted by Gasteiger charge is 2.47. The minimum Gasteiger partial charge on any atom is -0.507 e. The number of Topliss-reactive ketones (excluding diaryl/α,β-unsaturated/α-hetero) is 1. The maximum atomic E-state index is 13.6. The SMILES string of the molecule is CCOc1ccc(/C(O)=C2/C(=O)C(=O)N(c3ccc(C(=O)OC)cc3)C2c2ccc(CC)cc2)cc1C(C)(C)C. The number of amides is 1. The number of aryl methyl sites for hydroxylation is 1. The number of ketones is 1. The van der Waals surface area contributed by atoms with Gasteiger partial charge in [0.25, 0.3) is 11.7 Å². The Bertz CT molecular complexity index is 1460. The van der Waals surface area contributed by atoms with Gasteiger partial charge in [0.2, 0.25) is 0 Å². The number of aliphatic hydroxyl groups excluding tert-OH is 1. The average molecular weight is 542 g/mol. The topological polar surface area (TPSA) is 93.1 Å². The maximum Gasteiger partial charge on any atom is 0.337 e. The molecule has 1 atom stereocenters. The van der Waals surface area contributed by atoms with E-state index in [1.165, 1.54) is 12.0 Å². The van der Waals surface area contributed by atoms with Crippen LogP contribution in [0, 0.1) is 0 Å². The van der Waals surface area contributed by atoms with Crippen molar-refractivity contribution in [1.82, 2.24) is 0 Å². The highest BCUT2D eigenvalue weighted by Crippen LogP contribution is 2.43. The number of nitrogens with zero attached hydrogens (tertiary/aromatic N) is 1. The number of carbonyl (C=O) groups is 3. The van der Waals surface area contributed by atoms with Crippen molar-refractivity contribution in [1.29, 1.82) is 0 Å². The fourth-order valence-electron chi connectivity index (χ4n) is 4.93. The number of rotatable bonds is 7. The lowest BCUT2D eigenvalue weighted by molar-refractivity contribution is -0.132. The molecule has 1 fully saturated rings. The Balaban J connectivity index is 1.91. The summed E-state index contributed by atoms with van der Waals surface area (Å²) in [5.41, 5.74) is 3.49. The van der Waals surface area contributed by atoms with E-state index in [0.717, 1.165) is 17.5 Å². The van der Waals surface area contributed by atoms with Gasteiger partial charge in [-0.1, -0.05) is 52.0 Å². The van der Waals surface area contributed by atoms with Crippen LogP contribution in [0.2, 0.25) is 0 Å². The van der Waals surface area contributed by atoms with Gasteiger partial charge in [-0.2, -0.15) is 0 Å². The van der Waals surface area contributed by atoms with E-state index in [9.17, 15) is 19.5 Å². The Hall–Kier alpha value is -4.39. The van der Waals surface area contributed by atoms with Crippen LogP contribution in [0.25, 0.3) is 5.76 Å². The zero-order valence-corrected chi connectivity index (χ0v) is 23.8. The van der Waals surface area contributed by atoms with Gasteiger partial charge in [0.05, 0.1) is 30.9 Å². The van der Waals surface area contributed by atoms with Crippen molar-refractivity contribution in [3.8, 4) is 5.75 Å². The summed E-state index contributed by atoms with van der Waals surface area (Å²) in [5, 5.41) is 11.6. The lowest BCUT2D eigenvalue weighted by Crippen LogP contribution is -2.29. The number of anilines is 1. The number of ether oxygens (including phenoxy) is 2. The van der Waals surface area contributed by atoms with Gasteiger partial charge in [-0.25, -0.2) is 4.79 Å². The molecule has 0 aromatic heterocycles. The van der Waals surface area contributed by atoms with Crippen LogP contribution in [0.1, 0.15) is 73.3 Å². The van der Waals surface area contributed by atoms with Gasteiger partial charge in [-0.15, -0.1) is 0 Å². The number of aliphatic hydroxyl groups is 1. The van der Waals surface area contributed by atoms with E-state index in [4.69, 9.17) is 9.47 Å². The quantitative estimate of drug-likeness (QED) is 0.162. The molecule has 7 heteroatoms. The Morgan fingerprint density at radius 1 is 0.925 bits per heavy atom. The van der Waals surface area contributed by atoms with Crippen LogP contribution < -0.4 is 9.64 Å². The van der Waals surface area contributed by atoms with Gasteiger partial charge < -0.3 is 14.6 Å². The van der Waals surface area contributed by atoms with Gasteiger partial charge in [0.15, 0.2) is 0 Å². The molecular formula is C33H35NO6. The van der Waals surface area contributed by atoms with Crippen molar-refractivity contribution in [2.45, 2.75) is 52.5 Å². The number of benzene rings is 3. The van der Waals surface area contributed by atoms with E-state index >= 15 is 0 Å². The van der Waals surface area contributed by atoms with Gasteiger partial charge >= 0.3 is 5.97 Å². The molecule has 1 heterocycles. The van der Waals surface area contributed by atoms with Gasteiger partial charge in [-0.3, -0.25) is 14.5 Å². The minimum atomic E-state index is -0.875. The third kappa shape index (κ3) is 5.37. The predicted molar refractivity (Wildman–Crippen MR) is 155 cm³/mol. The first-order valence-corrected chi connectivity index (χ1v) is 13.4. The molecule has 3 aromatic carbocycles. The lowest BCUT2D eigenvalue weighted by atomic mass is 9.84. The van der Waals surface area contributed by atoms with E-state index in [0.29, 0.717) is 34.7 Å². The fraction of sp³-hybridized carbons (Fsp3) is 0.303. The summed E-state index contributed by atoms with van der Waals surface area (Å²) in [5.74, 6) is -1.62. The molecule has 3 aromatic rings. The van der Waals surface area contributed by atoms with Gasteiger partial charge in [0.1, 0.15) is 11.5 Å². The van der Waals surface area contributed by atoms with Crippen molar-refractivity contribution in [3.63, 3.8) is 0 Å². The van der Waals surface area contributed by atoms with E-state index in [1.54, 1.807) is 36.4 Å². The number of hydrogen-bond donors (Lipinski definition) is 1. The first kappa shape index (κ1) is 28.6. The molecule has 1 unspecified atom stereocenters. The van der Waals surface area contributed by atoms with Crippen LogP contribution in [-0.2, 0) is 26.2 Å². The van der Waals surface area contributed by atoms with Crippen molar-refractivity contribution in [3.05, 3.63) is 100 Å². The van der Waals surface area contributed by atoms with E-state index in [2.05, 4.69) is 0 Å². The normalized spacial score (nSPS) is 16.8. The standard InChI is InChI=1S/C33H35NO6/c1-7-20-9-11-21(12-10-20)28-27(29(35)23-15-18-26(40-8-2)25(19-23)33(3,4)5)30(36)31(37)34(28)24-16-13-22(14-17-24)32(38)39-6/h9-19,28,35H,7-8H2,1-6H3/b29-27-. The minimum absolute atomic E-state index is 0.00434. The highest BCUT2D eigenvalue weighted by atomic mass is 16.5. The second-order valence-corrected chi connectivity index (χ2v) is 10.7. The zero-order chi connectivity index (χ0) is 29.2. The molecule has 0 saturated carbocycles. The Labute approximate surface area is 235 Å². The Kier molecular flexibility index (Phi) is 8.14. The summed E-state index contributed by atoms with van der Waals surface area (Å²) < 4.78 is 10.6. The summed E-state index contributed by atoms with van der Waals surface area (Å²) >= 11 is 0. The molecule has 208 valence electrons. The third-order valence-corrected chi connectivity index (χ3v) is 7.08. The molecule has 1 aliphatic rings. The average Bonchev–Trinajstić information content (AvgIpc) is 3.22. The molecule has 1 saturated heterocycles. The molecule has 4 rings (SSSR count).